The van der Waals surface area contributed by atoms with Crippen LogP contribution in [0.2, 0.25) is 0 Å². The fraction of sp³-hybridized carbons (Fsp3) is 0.417. The molecule has 4 nitrogen and oxygen atoms in total. The van der Waals surface area contributed by atoms with E-state index in [2.05, 4.69) is 21.2 Å². The molecule has 0 aliphatic rings. The highest BCUT2D eigenvalue weighted by molar-refractivity contribution is 9.10. The molecule has 17 heavy (non-hydrogen) atoms. The second kappa shape index (κ2) is 5.91. The van der Waals surface area contributed by atoms with Crippen molar-refractivity contribution in [2.24, 2.45) is 5.92 Å². The summed E-state index contributed by atoms with van der Waals surface area (Å²) in [6.45, 7) is 3.72. The zero-order chi connectivity index (χ0) is 13.0. The Morgan fingerprint density at radius 1 is 1.41 bits per heavy atom. The molecule has 1 aromatic carbocycles. The van der Waals surface area contributed by atoms with Gasteiger partial charge in [-0.1, -0.05) is 29.8 Å². The van der Waals surface area contributed by atoms with Crippen molar-refractivity contribution in [2.75, 3.05) is 12.4 Å². The number of anilines is 1. The number of methoxy groups -OCH3 is 1. The number of nitrogens with one attached hydrogen (secondary N) is 1. The van der Waals surface area contributed by atoms with E-state index >= 15 is 0 Å². The maximum atomic E-state index is 11.1. The molecule has 1 rings (SSSR count). The third-order valence-corrected chi connectivity index (χ3v) is 2.82. The first-order valence-electron chi connectivity index (χ1n) is 5.28. The van der Waals surface area contributed by atoms with Gasteiger partial charge in [-0.05, 0) is 18.1 Å². The standard InChI is InChI=1S/C12H16BrNO3/c1-7(2)11(12(15)16)14-9-4-8(13)5-10(6-9)17-3/h4-7,11,14H,1-3H3,(H,15,16). The van der Waals surface area contributed by atoms with Crippen LogP contribution in [-0.4, -0.2) is 24.2 Å². The van der Waals surface area contributed by atoms with E-state index in [0.29, 0.717) is 5.75 Å². The Hall–Kier alpha value is -1.23. The predicted octanol–water partition coefficient (Wildman–Crippen LogP) is 2.98. The molecule has 1 aromatic rings. The van der Waals surface area contributed by atoms with Crippen LogP contribution in [0.3, 0.4) is 0 Å². The van der Waals surface area contributed by atoms with Gasteiger partial charge in [-0.3, -0.25) is 0 Å². The minimum atomic E-state index is -0.862. The number of carboxylic acids is 1. The van der Waals surface area contributed by atoms with Crippen LogP contribution in [-0.2, 0) is 4.79 Å². The molecule has 5 heteroatoms. The van der Waals surface area contributed by atoms with Crippen LogP contribution in [0.4, 0.5) is 5.69 Å². The molecule has 0 radical (unpaired) electrons. The summed E-state index contributed by atoms with van der Waals surface area (Å²) >= 11 is 3.35. The highest BCUT2D eigenvalue weighted by Crippen LogP contribution is 2.25. The van der Waals surface area contributed by atoms with Crippen molar-refractivity contribution in [3.05, 3.63) is 22.7 Å². The number of aliphatic carboxylic acids is 1. The minimum Gasteiger partial charge on any atom is -0.497 e. The van der Waals surface area contributed by atoms with E-state index in [1.54, 1.807) is 13.2 Å². The molecule has 0 fully saturated rings. The molecule has 0 amide bonds. The molecule has 1 unspecified atom stereocenters. The van der Waals surface area contributed by atoms with Crippen LogP contribution in [0.25, 0.3) is 0 Å². The smallest absolute Gasteiger partial charge is 0.326 e. The lowest BCUT2D eigenvalue weighted by Gasteiger charge is -2.19. The SMILES string of the molecule is COc1cc(Br)cc(NC(C(=O)O)C(C)C)c1. The molecular formula is C12H16BrNO3. The molecule has 0 aliphatic heterocycles. The van der Waals surface area contributed by atoms with Gasteiger partial charge >= 0.3 is 5.97 Å². The van der Waals surface area contributed by atoms with Gasteiger partial charge in [-0.15, -0.1) is 0 Å². The van der Waals surface area contributed by atoms with Gasteiger partial charge in [0.1, 0.15) is 11.8 Å². The van der Waals surface area contributed by atoms with Crippen LogP contribution in [0, 0.1) is 5.92 Å². The molecule has 0 bridgehead atoms. The van der Waals surface area contributed by atoms with Crippen LogP contribution in [0.5, 0.6) is 5.75 Å². The van der Waals surface area contributed by atoms with Crippen molar-refractivity contribution in [3.63, 3.8) is 0 Å². The van der Waals surface area contributed by atoms with E-state index in [1.165, 1.54) is 0 Å². The van der Waals surface area contributed by atoms with E-state index in [9.17, 15) is 4.79 Å². The number of rotatable bonds is 5. The molecule has 0 saturated carbocycles. The van der Waals surface area contributed by atoms with Crippen LogP contribution < -0.4 is 10.1 Å². The fourth-order valence-corrected chi connectivity index (χ4v) is 1.93. The van der Waals surface area contributed by atoms with E-state index < -0.39 is 12.0 Å². The van der Waals surface area contributed by atoms with Crippen LogP contribution in [0.1, 0.15) is 13.8 Å². The van der Waals surface area contributed by atoms with Crippen molar-refractivity contribution in [2.45, 2.75) is 19.9 Å². The van der Waals surface area contributed by atoms with E-state index in [-0.39, 0.29) is 5.92 Å². The fourth-order valence-electron chi connectivity index (χ4n) is 1.46. The average Bonchev–Trinajstić information content (AvgIpc) is 2.24. The third kappa shape index (κ3) is 3.93. The summed E-state index contributed by atoms with van der Waals surface area (Å²) in [4.78, 5) is 11.1. The molecule has 1 atom stereocenters. The largest absolute Gasteiger partial charge is 0.497 e. The first-order valence-corrected chi connectivity index (χ1v) is 6.07. The lowest BCUT2D eigenvalue weighted by molar-refractivity contribution is -0.138. The van der Waals surface area contributed by atoms with Gasteiger partial charge in [0.2, 0.25) is 0 Å². The summed E-state index contributed by atoms with van der Waals surface area (Å²) < 4.78 is 5.96. The van der Waals surface area contributed by atoms with Crippen molar-refractivity contribution in [3.8, 4) is 5.75 Å². The van der Waals surface area contributed by atoms with Crippen molar-refractivity contribution in [1.82, 2.24) is 0 Å². The molecule has 94 valence electrons. The highest BCUT2D eigenvalue weighted by Gasteiger charge is 2.21. The Kier molecular flexibility index (Phi) is 4.81. The number of hydrogen-bond donors (Lipinski definition) is 2. The quantitative estimate of drug-likeness (QED) is 0.878. The number of benzene rings is 1. The second-order valence-electron chi connectivity index (χ2n) is 4.08. The summed E-state index contributed by atoms with van der Waals surface area (Å²) in [6, 6.07) is 4.79. The molecule has 2 N–H and O–H groups in total. The number of halogens is 1. The lowest BCUT2D eigenvalue weighted by atomic mass is 10.0. The number of ether oxygens (including phenoxy) is 1. The zero-order valence-electron chi connectivity index (χ0n) is 10.0. The first kappa shape index (κ1) is 13.8. The molecule has 0 saturated heterocycles. The van der Waals surface area contributed by atoms with Crippen molar-refractivity contribution >= 4 is 27.6 Å². The van der Waals surface area contributed by atoms with Crippen LogP contribution in [0.15, 0.2) is 22.7 Å². The monoisotopic (exact) mass is 301 g/mol. The Bertz CT molecular complexity index is 407. The van der Waals surface area contributed by atoms with Gasteiger partial charge < -0.3 is 15.2 Å². The third-order valence-electron chi connectivity index (χ3n) is 2.36. The maximum absolute atomic E-state index is 11.1. The van der Waals surface area contributed by atoms with Gasteiger partial charge in [0.25, 0.3) is 0 Å². The molecule has 0 spiro atoms. The lowest BCUT2D eigenvalue weighted by Crippen LogP contribution is -2.34. The average molecular weight is 302 g/mol. The summed E-state index contributed by atoms with van der Waals surface area (Å²) in [5.74, 6) is -0.189. The normalized spacial score (nSPS) is 12.3. The van der Waals surface area contributed by atoms with Gasteiger partial charge in [-0.25, -0.2) is 4.79 Å². The summed E-state index contributed by atoms with van der Waals surface area (Å²) in [6.07, 6.45) is 0. The molecule has 0 aromatic heterocycles. The highest BCUT2D eigenvalue weighted by atomic mass is 79.9. The Morgan fingerprint density at radius 3 is 2.53 bits per heavy atom. The van der Waals surface area contributed by atoms with E-state index in [4.69, 9.17) is 9.84 Å². The summed E-state index contributed by atoms with van der Waals surface area (Å²) in [7, 11) is 1.57. The molecular weight excluding hydrogens is 286 g/mol. The molecule has 0 aliphatic carbocycles. The topological polar surface area (TPSA) is 58.6 Å². The first-order chi connectivity index (χ1) is 7.93. The maximum Gasteiger partial charge on any atom is 0.326 e. The van der Waals surface area contributed by atoms with Gasteiger partial charge in [0.05, 0.1) is 7.11 Å². The van der Waals surface area contributed by atoms with Gasteiger partial charge in [-0.2, -0.15) is 0 Å². The van der Waals surface area contributed by atoms with Crippen molar-refractivity contribution < 1.29 is 14.6 Å². The summed E-state index contributed by atoms with van der Waals surface area (Å²) in [5, 5.41) is 12.1. The molecule has 0 heterocycles. The zero-order valence-corrected chi connectivity index (χ0v) is 11.6. The number of carbonyl (C=O) groups is 1. The predicted molar refractivity (Wildman–Crippen MR) is 70.6 cm³/mol. The van der Waals surface area contributed by atoms with E-state index in [0.717, 1.165) is 10.2 Å². The van der Waals surface area contributed by atoms with Gasteiger partial charge in [0.15, 0.2) is 0 Å². The van der Waals surface area contributed by atoms with Crippen LogP contribution >= 0.6 is 15.9 Å². The number of hydrogen-bond acceptors (Lipinski definition) is 3. The van der Waals surface area contributed by atoms with Gasteiger partial charge in [0, 0.05) is 16.2 Å². The number of carboxylic acid groups (broad SMARTS) is 1. The second-order valence-corrected chi connectivity index (χ2v) is 5.00. The van der Waals surface area contributed by atoms with E-state index in [1.807, 2.05) is 26.0 Å². The van der Waals surface area contributed by atoms with Crippen molar-refractivity contribution in [1.29, 1.82) is 0 Å². The Balaban J connectivity index is 2.93. The Morgan fingerprint density at radius 2 is 2.06 bits per heavy atom. The Labute approximate surface area is 109 Å². The minimum absolute atomic E-state index is 0.00234. The summed E-state index contributed by atoms with van der Waals surface area (Å²) in [5.41, 5.74) is 0.720.